The minimum absolute atomic E-state index is 0.225. The van der Waals surface area contributed by atoms with Gasteiger partial charge in [0.15, 0.2) is 18.1 Å². The zero-order valence-electron chi connectivity index (χ0n) is 25.1. The average Bonchev–Trinajstić information content (AvgIpc) is 3.31. The first-order valence-electron chi connectivity index (χ1n) is 13.8. The number of nitrogens with one attached hydrogen (secondary N) is 2. The largest absolute Gasteiger partial charge is 0.490 e. The number of anilines is 2. The molecule has 12 nitrogen and oxygen atoms in total. The number of hydrogen-bond donors (Lipinski definition) is 2. The fourth-order valence-corrected chi connectivity index (χ4v) is 4.07. The number of amides is 1. The maximum Gasteiger partial charge on any atom is 0.410 e. The molecule has 41 heavy (non-hydrogen) atoms. The quantitative estimate of drug-likeness (QED) is 0.262. The van der Waals surface area contributed by atoms with Gasteiger partial charge in [-0.15, -0.1) is 0 Å². The highest BCUT2D eigenvalue weighted by molar-refractivity contribution is 5.92. The first-order valence-corrected chi connectivity index (χ1v) is 13.8. The third-order valence-electron chi connectivity index (χ3n) is 5.89. The molecule has 0 spiro atoms. The van der Waals surface area contributed by atoms with Crippen molar-refractivity contribution in [2.75, 3.05) is 52.3 Å². The third-order valence-corrected chi connectivity index (χ3v) is 5.89. The Hall–Kier alpha value is -4.06. The highest BCUT2D eigenvalue weighted by atomic mass is 16.6. The normalized spacial score (nSPS) is 11.4. The Labute approximate surface area is 241 Å². The van der Waals surface area contributed by atoms with Crippen molar-refractivity contribution in [2.45, 2.75) is 53.2 Å². The number of carbonyl (C=O) groups excluding carboxylic acids is 2. The lowest BCUT2D eigenvalue weighted by atomic mass is 10.2. The summed E-state index contributed by atoms with van der Waals surface area (Å²) in [6.45, 7) is 11.7. The lowest BCUT2D eigenvalue weighted by molar-refractivity contribution is -0.145. The SMILES string of the molecule is CCOC(=O)COc1cc(Nc2ncnc3[nH]cc(CN(C)CCCN(C)C(=O)OC(C)(C)C)c23)ccc1OCC. The minimum atomic E-state index is -0.520. The molecule has 0 fully saturated rings. The molecule has 12 heteroatoms. The van der Waals surface area contributed by atoms with Gasteiger partial charge >= 0.3 is 12.1 Å². The number of esters is 1. The highest BCUT2D eigenvalue weighted by Crippen LogP contribution is 2.33. The predicted octanol–water partition coefficient (Wildman–Crippen LogP) is 4.73. The molecule has 0 aliphatic carbocycles. The van der Waals surface area contributed by atoms with E-state index in [2.05, 4.69) is 25.2 Å². The van der Waals surface area contributed by atoms with Gasteiger partial charge in [0.05, 0.1) is 18.6 Å². The van der Waals surface area contributed by atoms with Gasteiger partial charge in [-0.05, 0) is 72.3 Å². The number of ether oxygens (including phenoxy) is 4. The lowest BCUT2D eigenvalue weighted by Gasteiger charge is -2.25. The summed E-state index contributed by atoms with van der Waals surface area (Å²) in [5, 5.41) is 4.23. The Kier molecular flexibility index (Phi) is 11.2. The number of benzene rings is 1. The van der Waals surface area contributed by atoms with Crippen molar-refractivity contribution in [3.8, 4) is 11.5 Å². The van der Waals surface area contributed by atoms with Crippen molar-refractivity contribution in [1.82, 2.24) is 24.8 Å². The van der Waals surface area contributed by atoms with Crippen LogP contribution < -0.4 is 14.8 Å². The van der Waals surface area contributed by atoms with E-state index in [0.29, 0.717) is 48.3 Å². The molecule has 224 valence electrons. The monoisotopic (exact) mass is 570 g/mol. The summed E-state index contributed by atoms with van der Waals surface area (Å²) in [6, 6.07) is 5.40. The van der Waals surface area contributed by atoms with Crippen LogP contribution in [0.25, 0.3) is 11.0 Å². The molecule has 0 aliphatic rings. The second kappa shape index (κ2) is 14.5. The highest BCUT2D eigenvalue weighted by Gasteiger charge is 2.20. The Morgan fingerprint density at radius 3 is 2.51 bits per heavy atom. The second-order valence-electron chi connectivity index (χ2n) is 10.6. The second-order valence-corrected chi connectivity index (χ2v) is 10.6. The Morgan fingerprint density at radius 1 is 1.02 bits per heavy atom. The molecule has 0 saturated carbocycles. The third kappa shape index (κ3) is 9.52. The van der Waals surface area contributed by atoms with Crippen LogP contribution in [-0.2, 0) is 20.8 Å². The number of nitrogens with zero attached hydrogens (tertiary/aromatic N) is 4. The summed E-state index contributed by atoms with van der Waals surface area (Å²) in [5.74, 6) is 1.12. The van der Waals surface area contributed by atoms with Gasteiger partial charge in [-0.1, -0.05) is 0 Å². The molecular weight excluding hydrogens is 528 g/mol. The molecule has 1 aromatic carbocycles. The van der Waals surface area contributed by atoms with Gasteiger partial charge in [-0.3, -0.25) is 0 Å². The van der Waals surface area contributed by atoms with Crippen molar-refractivity contribution in [3.63, 3.8) is 0 Å². The number of aromatic nitrogens is 3. The predicted molar refractivity (Wildman–Crippen MR) is 157 cm³/mol. The van der Waals surface area contributed by atoms with E-state index < -0.39 is 11.6 Å². The van der Waals surface area contributed by atoms with E-state index in [9.17, 15) is 9.59 Å². The summed E-state index contributed by atoms with van der Waals surface area (Å²) in [5.41, 5.74) is 1.92. The molecule has 0 bridgehead atoms. The van der Waals surface area contributed by atoms with E-state index in [-0.39, 0.29) is 19.3 Å². The van der Waals surface area contributed by atoms with Gasteiger partial charge in [-0.2, -0.15) is 0 Å². The van der Waals surface area contributed by atoms with Crippen molar-refractivity contribution in [2.24, 2.45) is 0 Å². The van der Waals surface area contributed by atoms with E-state index in [1.165, 1.54) is 6.33 Å². The van der Waals surface area contributed by atoms with Gasteiger partial charge in [-0.25, -0.2) is 19.6 Å². The van der Waals surface area contributed by atoms with E-state index in [1.54, 1.807) is 31.0 Å². The van der Waals surface area contributed by atoms with Gasteiger partial charge in [0.1, 0.15) is 23.4 Å². The first kappa shape index (κ1) is 31.5. The number of rotatable bonds is 14. The van der Waals surface area contributed by atoms with Crippen LogP contribution in [0.4, 0.5) is 16.3 Å². The van der Waals surface area contributed by atoms with Crippen LogP contribution in [0.2, 0.25) is 0 Å². The summed E-state index contributed by atoms with van der Waals surface area (Å²) < 4.78 is 21.8. The average molecular weight is 571 g/mol. The molecule has 0 saturated heterocycles. The molecule has 2 N–H and O–H groups in total. The maximum absolute atomic E-state index is 12.2. The molecule has 2 aromatic heterocycles. The van der Waals surface area contributed by atoms with E-state index in [4.69, 9.17) is 18.9 Å². The number of H-pyrrole nitrogens is 1. The summed E-state index contributed by atoms with van der Waals surface area (Å²) in [6.07, 6.45) is 3.89. The van der Waals surface area contributed by atoms with Crippen molar-refractivity contribution in [1.29, 1.82) is 0 Å². The van der Waals surface area contributed by atoms with Crippen LogP contribution in [-0.4, -0.2) is 89.4 Å². The first-order chi connectivity index (χ1) is 19.5. The van der Waals surface area contributed by atoms with Gasteiger partial charge in [0.2, 0.25) is 0 Å². The van der Waals surface area contributed by atoms with Crippen molar-refractivity contribution in [3.05, 3.63) is 36.3 Å². The molecule has 0 aliphatic heterocycles. The molecule has 3 aromatic rings. The van der Waals surface area contributed by atoms with Crippen LogP contribution in [0.1, 0.15) is 46.6 Å². The summed E-state index contributed by atoms with van der Waals surface area (Å²) >= 11 is 0. The van der Waals surface area contributed by atoms with Crippen molar-refractivity contribution >= 4 is 34.6 Å². The van der Waals surface area contributed by atoms with E-state index in [1.807, 2.05) is 47.0 Å². The number of hydrogen-bond acceptors (Lipinski definition) is 10. The van der Waals surface area contributed by atoms with Gasteiger partial charge < -0.3 is 39.0 Å². The maximum atomic E-state index is 12.2. The molecule has 1 amide bonds. The molecule has 0 unspecified atom stereocenters. The molecule has 3 rings (SSSR count). The molecule has 0 atom stereocenters. The zero-order valence-corrected chi connectivity index (χ0v) is 25.1. The molecular formula is C29H42N6O6. The number of fused-ring (bicyclic) bond motifs is 1. The Balaban J connectivity index is 1.69. The minimum Gasteiger partial charge on any atom is -0.490 e. The van der Waals surface area contributed by atoms with E-state index >= 15 is 0 Å². The zero-order chi connectivity index (χ0) is 30.0. The Morgan fingerprint density at radius 2 is 1.80 bits per heavy atom. The van der Waals surface area contributed by atoms with Crippen LogP contribution in [0, 0.1) is 0 Å². The number of aromatic amines is 1. The summed E-state index contributed by atoms with van der Waals surface area (Å²) in [4.78, 5) is 39.9. The van der Waals surface area contributed by atoms with Crippen LogP contribution >= 0.6 is 0 Å². The molecule has 2 heterocycles. The summed E-state index contributed by atoms with van der Waals surface area (Å²) in [7, 11) is 3.78. The number of carbonyl (C=O) groups is 2. The fraction of sp³-hybridized carbons (Fsp3) is 0.517. The van der Waals surface area contributed by atoms with Crippen LogP contribution in [0.15, 0.2) is 30.7 Å². The van der Waals surface area contributed by atoms with Crippen molar-refractivity contribution < 1.29 is 28.5 Å². The van der Waals surface area contributed by atoms with Gasteiger partial charge in [0, 0.05) is 38.1 Å². The standard InChI is InChI=1S/C29H42N6O6/c1-8-38-22-12-11-21(15-23(22)40-18-24(36)39-9-2)33-27-25-20(16-30-26(25)31-19-32-27)17-34(6)13-10-14-35(7)28(37)41-29(3,4)5/h11-12,15-16,19H,8-10,13-14,17-18H2,1-7H3,(H2,30,31,32,33). The topological polar surface area (TPSA) is 131 Å². The lowest BCUT2D eigenvalue weighted by Crippen LogP contribution is -2.35. The van der Waals surface area contributed by atoms with Gasteiger partial charge in [0.25, 0.3) is 0 Å². The van der Waals surface area contributed by atoms with E-state index in [0.717, 1.165) is 23.9 Å². The Bertz CT molecular complexity index is 1300. The molecule has 0 radical (unpaired) electrons. The van der Waals surface area contributed by atoms with Crippen LogP contribution in [0.5, 0.6) is 11.5 Å². The fourth-order valence-electron chi connectivity index (χ4n) is 4.07. The van der Waals surface area contributed by atoms with Crippen LogP contribution in [0.3, 0.4) is 0 Å². The smallest absolute Gasteiger partial charge is 0.410 e.